The summed E-state index contributed by atoms with van der Waals surface area (Å²) in [5, 5.41) is 23.2. The van der Waals surface area contributed by atoms with Gasteiger partial charge < -0.3 is 79.6 Å². The van der Waals surface area contributed by atoms with E-state index in [1.54, 1.807) is 74.5 Å². The molecule has 1 saturated heterocycles. The lowest BCUT2D eigenvalue weighted by Crippen LogP contribution is -2.63. The SMILES string of the molecule is C/C=C/C[C@@H](C)[C@@H](O)[C@H]1C(=O)N[C@@H](CC)C(=O)N(C)CC(=O)N(C)[C@@H](CC(C)C)C(=O)N[C@@H](C(C)C)C(=O)N(C)[C@@H](CC(C)C)C(=O)N[C@@H](C)C(=O)N[C@H](COCCOCCOCC(=O)OC(C)C)C(=O)N(C)[C@@H](CC(C)C)C(=O)N(C)[C@@H](CC(C)C)C(=O)N(C)[C@@H](C(C)C)C(=O)N1C. The van der Waals surface area contributed by atoms with Crippen LogP contribution in [0.1, 0.15) is 163 Å². The van der Waals surface area contributed by atoms with Gasteiger partial charge in [-0.25, -0.2) is 4.79 Å². The number of hydrogen-bond donors (Lipinski definition) is 5. The zero-order valence-corrected chi connectivity index (χ0v) is 64.4. The Hall–Kier alpha value is -6.78. The summed E-state index contributed by atoms with van der Waals surface area (Å²) in [6.07, 6.45) is 2.40. The van der Waals surface area contributed by atoms with Crippen LogP contribution in [0.4, 0.5) is 0 Å². The lowest BCUT2D eigenvalue weighted by atomic mass is 9.91. The number of aliphatic hydroxyl groups excluding tert-OH is 1. The Balaban J connectivity index is 4.39. The van der Waals surface area contributed by atoms with Crippen LogP contribution >= 0.6 is 0 Å². The summed E-state index contributed by atoms with van der Waals surface area (Å²) < 4.78 is 22.0. The van der Waals surface area contributed by atoms with Crippen molar-refractivity contribution >= 4 is 70.9 Å². The fourth-order valence-corrected chi connectivity index (χ4v) is 11.7. The average Bonchev–Trinajstić information content (AvgIpc) is 0.806. The third kappa shape index (κ3) is 28.6. The van der Waals surface area contributed by atoms with Gasteiger partial charge >= 0.3 is 5.97 Å². The minimum Gasteiger partial charge on any atom is -0.461 e. The first-order chi connectivity index (χ1) is 46.0. The molecule has 0 aromatic rings. The summed E-state index contributed by atoms with van der Waals surface area (Å²) in [6, 6.07) is -13.2. The lowest BCUT2D eigenvalue weighted by molar-refractivity contribution is -0.157. The van der Waals surface area contributed by atoms with Crippen LogP contribution in [-0.4, -0.2) is 279 Å². The van der Waals surface area contributed by atoms with Gasteiger partial charge in [-0.3, -0.25) is 52.7 Å². The van der Waals surface area contributed by atoms with E-state index in [1.807, 2.05) is 55.4 Å². The molecule has 28 heteroatoms. The number of rotatable bonds is 26. The number of carbonyl (C=O) groups is 12. The number of nitrogens with zero attached hydrogens (tertiary/aromatic N) is 7. The Labute approximate surface area is 590 Å². The molecule has 99 heavy (non-hydrogen) atoms. The van der Waals surface area contributed by atoms with Gasteiger partial charge in [0.1, 0.15) is 67.0 Å². The molecule has 1 rings (SSSR count). The lowest BCUT2D eigenvalue weighted by Gasteiger charge is -2.41. The molecule has 12 atom stereocenters. The summed E-state index contributed by atoms with van der Waals surface area (Å²) in [5.41, 5.74) is 0. The van der Waals surface area contributed by atoms with E-state index in [0.717, 1.165) is 9.80 Å². The number of allylic oxidation sites excluding steroid dienone is 2. The highest BCUT2D eigenvalue weighted by molar-refractivity contribution is 5.99. The number of amides is 11. The van der Waals surface area contributed by atoms with E-state index in [1.165, 1.54) is 80.8 Å². The van der Waals surface area contributed by atoms with Crippen molar-refractivity contribution < 1.29 is 81.6 Å². The van der Waals surface area contributed by atoms with Crippen LogP contribution in [0.25, 0.3) is 0 Å². The van der Waals surface area contributed by atoms with Gasteiger partial charge in [0.2, 0.25) is 65.0 Å². The standard InChI is InChI=1S/C71H127N11O17/c1-26-28-29-48(17)61(85)60-65(89)73-50(27-2)66(90)76(19)38-56(83)77(20)52(34-41(3)4)64(88)75-58(45(11)12)70(94)78(21)53(35-42(5)6)63(87)72-49(18)62(86)74-51(39-97-32-30-96-31-33-98-40-57(84)99-47(15)16)67(91)79(22)54(36-43(7)8)68(92)80(23)55(37-44(9)10)69(93)81(24)59(46(13)14)71(95)82(60)25/h26,28,41-55,58-61,85H,27,29-40H2,1-25H3,(H,72,87)(H,73,89)(H,74,86)(H,75,88)/b28-26+/t48-,49+,50+,51-,52+,53+,54+,55+,58+,59+,60+,61-/m1/s1. The second-order valence-electron chi connectivity index (χ2n) is 29.2. The molecule has 1 heterocycles. The van der Waals surface area contributed by atoms with E-state index in [0.29, 0.717) is 0 Å². The molecule has 0 aromatic heterocycles. The third-order valence-electron chi connectivity index (χ3n) is 17.6. The summed E-state index contributed by atoms with van der Waals surface area (Å²) in [5.74, 6) is -11.2. The molecule has 0 unspecified atom stereocenters. The molecule has 0 spiro atoms. The molecule has 0 bridgehead atoms. The monoisotopic (exact) mass is 1410 g/mol. The molecule has 11 amide bonds. The Morgan fingerprint density at radius 1 is 0.495 bits per heavy atom. The van der Waals surface area contributed by atoms with E-state index in [-0.39, 0.29) is 101 Å². The number of nitrogens with one attached hydrogen (secondary N) is 4. The minimum atomic E-state index is -1.65. The average molecular weight is 1410 g/mol. The largest absolute Gasteiger partial charge is 0.461 e. The van der Waals surface area contributed by atoms with Crippen LogP contribution in [0.3, 0.4) is 0 Å². The Bertz CT molecular complexity index is 2670. The predicted octanol–water partition coefficient (Wildman–Crippen LogP) is 3.25. The minimum absolute atomic E-state index is 0.000834. The molecule has 28 nitrogen and oxygen atoms in total. The van der Waals surface area contributed by atoms with E-state index in [9.17, 15) is 43.5 Å². The van der Waals surface area contributed by atoms with E-state index < -0.39 is 168 Å². The predicted molar refractivity (Wildman–Crippen MR) is 376 cm³/mol. The van der Waals surface area contributed by atoms with Crippen molar-refractivity contribution in [1.29, 1.82) is 0 Å². The molecule has 1 aliphatic heterocycles. The van der Waals surface area contributed by atoms with Crippen molar-refractivity contribution in [3.05, 3.63) is 12.2 Å². The zero-order chi connectivity index (χ0) is 76.2. The highest BCUT2D eigenvalue weighted by atomic mass is 16.6. The molecule has 0 saturated carbocycles. The topological polar surface area (TPSA) is 333 Å². The molecule has 1 fully saturated rings. The van der Waals surface area contributed by atoms with E-state index >= 15 is 19.2 Å². The van der Waals surface area contributed by atoms with Gasteiger partial charge in [0, 0.05) is 49.3 Å². The Morgan fingerprint density at radius 3 is 1.42 bits per heavy atom. The van der Waals surface area contributed by atoms with Crippen molar-refractivity contribution in [2.45, 2.75) is 236 Å². The normalized spacial score (nSPS) is 24.8. The quantitative estimate of drug-likeness (QED) is 0.0471. The Kier molecular flexibility index (Phi) is 39.9. The molecule has 0 aliphatic carbocycles. The van der Waals surface area contributed by atoms with Crippen molar-refractivity contribution in [2.75, 3.05) is 95.5 Å². The maximum atomic E-state index is 15.4. The molecule has 0 radical (unpaired) electrons. The van der Waals surface area contributed by atoms with Gasteiger partial charge in [-0.1, -0.05) is 109 Å². The van der Waals surface area contributed by atoms with Crippen LogP contribution in [0, 0.1) is 41.4 Å². The summed E-state index contributed by atoms with van der Waals surface area (Å²) in [6.45, 7) is 30.3. The van der Waals surface area contributed by atoms with E-state index in [2.05, 4.69) is 21.3 Å². The zero-order valence-electron chi connectivity index (χ0n) is 64.4. The number of aliphatic hydroxyl groups is 1. The number of esters is 1. The summed E-state index contributed by atoms with van der Waals surface area (Å²) >= 11 is 0. The maximum absolute atomic E-state index is 15.4. The van der Waals surface area contributed by atoms with E-state index in [4.69, 9.17) is 18.9 Å². The maximum Gasteiger partial charge on any atom is 0.332 e. The van der Waals surface area contributed by atoms with Crippen molar-refractivity contribution in [3.63, 3.8) is 0 Å². The summed E-state index contributed by atoms with van der Waals surface area (Å²) in [7, 11) is 9.76. The van der Waals surface area contributed by atoms with Crippen LogP contribution < -0.4 is 21.3 Å². The molecule has 1 aliphatic rings. The van der Waals surface area contributed by atoms with Crippen molar-refractivity contribution in [1.82, 2.24) is 55.6 Å². The first-order valence-electron chi connectivity index (χ1n) is 35.3. The first kappa shape index (κ1) is 90.2. The van der Waals surface area contributed by atoms with Crippen LogP contribution in [-0.2, 0) is 76.5 Å². The number of likely N-dealkylation sites (N-methyl/N-ethyl adjacent to an activating group) is 7. The molecular formula is C71H127N11O17. The van der Waals surface area contributed by atoms with Crippen molar-refractivity contribution in [2.24, 2.45) is 41.4 Å². The summed E-state index contributed by atoms with van der Waals surface area (Å²) in [4.78, 5) is 184. The van der Waals surface area contributed by atoms with Gasteiger partial charge in [0.05, 0.1) is 51.8 Å². The van der Waals surface area contributed by atoms with Gasteiger partial charge in [-0.15, -0.1) is 0 Å². The number of hydrogen-bond acceptors (Lipinski definition) is 17. The van der Waals surface area contributed by atoms with Crippen LogP contribution in [0.2, 0.25) is 0 Å². The van der Waals surface area contributed by atoms with Crippen molar-refractivity contribution in [3.8, 4) is 0 Å². The molecular weight excluding hydrogens is 1280 g/mol. The van der Waals surface area contributed by atoms with Gasteiger partial charge in [-0.2, -0.15) is 0 Å². The van der Waals surface area contributed by atoms with Crippen LogP contribution in [0.5, 0.6) is 0 Å². The molecule has 0 aromatic carbocycles. The van der Waals surface area contributed by atoms with Crippen LogP contribution in [0.15, 0.2) is 12.2 Å². The highest BCUT2D eigenvalue weighted by Gasteiger charge is 2.46. The van der Waals surface area contributed by atoms with Gasteiger partial charge in [0.15, 0.2) is 0 Å². The second-order valence-corrected chi connectivity index (χ2v) is 29.2. The fourth-order valence-electron chi connectivity index (χ4n) is 11.7. The number of ether oxygens (including phenoxy) is 4. The fraction of sp³-hybridized carbons (Fsp3) is 0.803. The molecule has 5 N–H and O–H groups in total. The smallest absolute Gasteiger partial charge is 0.332 e. The first-order valence-corrected chi connectivity index (χ1v) is 35.3. The second kappa shape index (κ2) is 43.8. The van der Waals surface area contributed by atoms with Gasteiger partial charge in [0.25, 0.3) is 0 Å². The molecule has 568 valence electrons. The van der Waals surface area contributed by atoms with Gasteiger partial charge in [-0.05, 0) is 108 Å². The Morgan fingerprint density at radius 2 is 0.939 bits per heavy atom. The highest BCUT2D eigenvalue weighted by Crippen LogP contribution is 2.26. The number of carbonyl (C=O) groups excluding carboxylic acids is 12. The third-order valence-corrected chi connectivity index (χ3v) is 17.6.